The smallest absolute Gasteiger partial charge is 0.408 e. The van der Waals surface area contributed by atoms with Gasteiger partial charge in [0.1, 0.15) is 18.2 Å². The van der Waals surface area contributed by atoms with E-state index >= 15 is 0 Å². The molecule has 0 aliphatic carbocycles. The first-order valence-corrected chi connectivity index (χ1v) is 9.44. The van der Waals surface area contributed by atoms with Crippen LogP contribution in [0.3, 0.4) is 0 Å². The molecule has 0 saturated carbocycles. The van der Waals surface area contributed by atoms with Gasteiger partial charge >= 0.3 is 12.1 Å². The third kappa shape index (κ3) is 9.05. The van der Waals surface area contributed by atoms with E-state index in [4.69, 9.17) is 9.47 Å². The molecule has 0 radical (unpaired) electrons. The third-order valence-electron chi connectivity index (χ3n) is 3.57. The molecular formula is C21H27N5O4. The van der Waals surface area contributed by atoms with E-state index in [1.165, 1.54) is 6.33 Å². The van der Waals surface area contributed by atoms with E-state index < -0.39 is 23.7 Å². The van der Waals surface area contributed by atoms with E-state index in [-0.39, 0.29) is 13.0 Å². The van der Waals surface area contributed by atoms with Crippen LogP contribution >= 0.6 is 0 Å². The molecule has 9 nitrogen and oxygen atoms in total. The number of esters is 1. The Morgan fingerprint density at radius 3 is 2.43 bits per heavy atom. The highest BCUT2D eigenvalue weighted by Crippen LogP contribution is 2.09. The topological polar surface area (TPSA) is 122 Å². The second-order valence-corrected chi connectivity index (χ2v) is 7.32. The lowest BCUT2D eigenvalue weighted by Crippen LogP contribution is -2.45. The summed E-state index contributed by atoms with van der Waals surface area (Å²) in [6.07, 6.45) is 7.78. The number of nitrogens with one attached hydrogen (secondary N) is 3. The summed E-state index contributed by atoms with van der Waals surface area (Å²) in [6.45, 7) is 5.39. The van der Waals surface area contributed by atoms with Gasteiger partial charge in [-0.3, -0.25) is 0 Å². The van der Waals surface area contributed by atoms with Crippen molar-refractivity contribution < 1.29 is 19.1 Å². The van der Waals surface area contributed by atoms with Crippen LogP contribution < -0.4 is 5.32 Å². The predicted octanol–water partition coefficient (Wildman–Crippen LogP) is 3.00. The number of rotatable bonds is 6. The molecule has 3 aromatic rings. The second-order valence-electron chi connectivity index (χ2n) is 7.32. The minimum Gasteiger partial charge on any atom is -0.459 e. The molecule has 30 heavy (non-hydrogen) atoms. The van der Waals surface area contributed by atoms with Gasteiger partial charge in [0.15, 0.2) is 0 Å². The standard InChI is InChI=1S/C18H23N3O4.C3H4N2/c1-18(2,3)25-17(23)21-15(9-14-10-19-12-20-14)16(22)24-11-13-7-5-4-6-8-13;1-2-5-3-4-1/h4-8,10,12,15H,9,11H2,1-3H3,(H,19,20)(H,21,23);1-3H,(H,4,5)/t15-;/m0./s1. The maximum absolute atomic E-state index is 12.4. The predicted molar refractivity (Wildman–Crippen MR) is 110 cm³/mol. The van der Waals surface area contributed by atoms with Crippen molar-refractivity contribution >= 4 is 12.1 Å². The molecule has 2 heterocycles. The summed E-state index contributed by atoms with van der Waals surface area (Å²) in [5.41, 5.74) is 0.846. The molecule has 160 valence electrons. The fourth-order valence-corrected chi connectivity index (χ4v) is 2.30. The number of imidazole rings is 2. The minimum atomic E-state index is -0.887. The Balaban J connectivity index is 0.000000558. The summed E-state index contributed by atoms with van der Waals surface area (Å²) >= 11 is 0. The van der Waals surface area contributed by atoms with Crippen molar-refractivity contribution in [3.63, 3.8) is 0 Å². The average Bonchev–Trinajstić information content (AvgIpc) is 3.41. The molecule has 0 bridgehead atoms. The quantitative estimate of drug-likeness (QED) is 0.534. The van der Waals surface area contributed by atoms with Crippen LogP contribution in [0.1, 0.15) is 32.0 Å². The lowest BCUT2D eigenvalue weighted by atomic mass is 10.1. The second kappa shape index (κ2) is 11.4. The molecule has 0 spiro atoms. The van der Waals surface area contributed by atoms with Crippen LogP contribution in [0.25, 0.3) is 0 Å². The molecule has 1 aromatic carbocycles. The number of hydrogen-bond acceptors (Lipinski definition) is 6. The number of aromatic nitrogens is 4. The zero-order chi connectivity index (χ0) is 21.8. The van der Waals surface area contributed by atoms with Crippen LogP contribution in [0, 0.1) is 0 Å². The number of hydrogen-bond donors (Lipinski definition) is 3. The average molecular weight is 413 g/mol. The van der Waals surface area contributed by atoms with Crippen molar-refractivity contribution in [2.45, 2.75) is 45.4 Å². The Labute approximate surface area is 175 Å². The third-order valence-corrected chi connectivity index (χ3v) is 3.57. The van der Waals surface area contributed by atoms with Crippen molar-refractivity contribution in [3.05, 3.63) is 72.8 Å². The van der Waals surface area contributed by atoms with Crippen LogP contribution in [0.4, 0.5) is 4.79 Å². The summed E-state index contributed by atoms with van der Waals surface area (Å²) in [5, 5.41) is 2.56. The van der Waals surface area contributed by atoms with Gasteiger partial charge in [0, 0.05) is 25.0 Å². The van der Waals surface area contributed by atoms with E-state index in [0.29, 0.717) is 5.69 Å². The van der Waals surface area contributed by atoms with Crippen LogP contribution in [0.5, 0.6) is 0 Å². The number of amides is 1. The van der Waals surface area contributed by atoms with Gasteiger partial charge in [-0.05, 0) is 26.3 Å². The Bertz CT molecular complexity index is 841. The van der Waals surface area contributed by atoms with E-state index in [1.807, 2.05) is 30.3 Å². The molecule has 1 amide bonds. The normalized spacial score (nSPS) is 11.6. The Kier molecular flexibility index (Phi) is 8.61. The molecule has 3 rings (SSSR count). The number of ether oxygens (including phenoxy) is 2. The number of benzene rings is 1. The van der Waals surface area contributed by atoms with E-state index in [1.54, 1.807) is 45.7 Å². The molecule has 0 aliphatic rings. The first-order chi connectivity index (χ1) is 14.3. The Morgan fingerprint density at radius 2 is 1.90 bits per heavy atom. The van der Waals surface area contributed by atoms with Crippen LogP contribution in [-0.4, -0.2) is 43.6 Å². The summed E-state index contributed by atoms with van der Waals surface area (Å²) in [5.74, 6) is -0.544. The zero-order valence-corrected chi connectivity index (χ0v) is 17.3. The largest absolute Gasteiger partial charge is 0.459 e. The van der Waals surface area contributed by atoms with Crippen molar-refractivity contribution in [3.8, 4) is 0 Å². The Morgan fingerprint density at radius 1 is 1.13 bits per heavy atom. The lowest BCUT2D eigenvalue weighted by Gasteiger charge is -2.22. The van der Waals surface area contributed by atoms with Gasteiger partial charge in [-0.15, -0.1) is 0 Å². The molecule has 0 saturated heterocycles. The summed E-state index contributed by atoms with van der Waals surface area (Å²) in [7, 11) is 0. The lowest BCUT2D eigenvalue weighted by molar-refractivity contribution is -0.147. The highest BCUT2D eigenvalue weighted by atomic mass is 16.6. The number of carbonyl (C=O) groups is 2. The van der Waals surface area contributed by atoms with E-state index in [2.05, 4.69) is 25.3 Å². The zero-order valence-electron chi connectivity index (χ0n) is 17.3. The highest BCUT2D eigenvalue weighted by molar-refractivity contribution is 5.81. The number of nitrogens with zero attached hydrogens (tertiary/aromatic N) is 2. The van der Waals surface area contributed by atoms with E-state index in [9.17, 15) is 9.59 Å². The van der Waals surface area contributed by atoms with Gasteiger partial charge < -0.3 is 24.8 Å². The van der Waals surface area contributed by atoms with Gasteiger partial charge in [0.25, 0.3) is 0 Å². The molecule has 9 heteroatoms. The number of alkyl carbamates (subject to hydrolysis) is 1. The molecule has 3 N–H and O–H groups in total. The fourth-order valence-electron chi connectivity index (χ4n) is 2.30. The maximum Gasteiger partial charge on any atom is 0.408 e. The van der Waals surface area contributed by atoms with Crippen LogP contribution in [0.2, 0.25) is 0 Å². The molecule has 1 atom stereocenters. The SMILES string of the molecule is CC(C)(C)OC(=O)N[C@@H](Cc1c[nH]cn1)C(=O)OCc1ccccc1.c1c[nH]cn1. The highest BCUT2D eigenvalue weighted by Gasteiger charge is 2.26. The molecule has 0 unspecified atom stereocenters. The van der Waals surface area contributed by atoms with Gasteiger partial charge in [-0.2, -0.15) is 0 Å². The number of H-pyrrole nitrogens is 2. The monoisotopic (exact) mass is 413 g/mol. The first-order valence-electron chi connectivity index (χ1n) is 9.44. The molecule has 2 aromatic heterocycles. The van der Waals surface area contributed by atoms with Crippen molar-refractivity contribution in [1.82, 2.24) is 25.3 Å². The van der Waals surface area contributed by atoms with Crippen molar-refractivity contribution in [2.24, 2.45) is 0 Å². The number of aromatic amines is 2. The summed E-state index contributed by atoms with van der Waals surface area (Å²) in [4.78, 5) is 37.7. The summed E-state index contributed by atoms with van der Waals surface area (Å²) < 4.78 is 10.5. The minimum absolute atomic E-state index is 0.132. The Hall–Kier alpha value is -3.62. The van der Waals surface area contributed by atoms with Gasteiger partial charge in [0.05, 0.1) is 18.3 Å². The molecule has 0 aliphatic heterocycles. The van der Waals surface area contributed by atoms with Gasteiger partial charge in [-0.25, -0.2) is 19.6 Å². The maximum atomic E-state index is 12.4. The van der Waals surface area contributed by atoms with Crippen LogP contribution in [-0.2, 0) is 27.3 Å². The van der Waals surface area contributed by atoms with Crippen LogP contribution in [0.15, 0.2) is 61.6 Å². The fraction of sp³-hybridized carbons (Fsp3) is 0.333. The first kappa shape index (κ1) is 22.7. The van der Waals surface area contributed by atoms with E-state index in [0.717, 1.165) is 5.56 Å². The van der Waals surface area contributed by atoms with Crippen molar-refractivity contribution in [1.29, 1.82) is 0 Å². The molecule has 0 fully saturated rings. The number of carbonyl (C=O) groups excluding carboxylic acids is 2. The van der Waals surface area contributed by atoms with Crippen molar-refractivity contribution in [2.75, 3.05) is 0 Å². The van der Waals surface area contributed by atoms with Gasteiger partial charge in [0.2, 0.25) is 0 Å². The molecular weight excluding hydrogens is 386 g/mol. The summed E-state index contributed by atoms with van der Waals surface area (Å²) in [6, 6.07) is 8.44. The van der Waals surface area contributed by atoms with Gasteiger partial charge in [-0.1, -0.05) is 30.3 Å².